The van der Waals surface area contributed by atoms with Gasteiger partial charge in [-0.2, -0.15) is 0 Å². The van der Waals surface area contributed by atoms with Crippen molar-refractivity contribution in [3.8, 4) is 0 Å². The van der Waals surface area contributed by atoms with Crippen LogP contribution < -0.4 is 5.32 Å². The Balaban J connectivity index is 2.04. The minimum atomic E-state index is 0.698. The second-order valence-corrected chi connectivity index (χ2v) is 5.29. The van der Waals surface area contributed by atoms with Gasteiger partial charge in [0.25, 0.3) is 0 Å². The van der Waals surface area contributed by atoms with Gasteiger partial charge in [-0.15, -0.1) is 0 Å². The van der Waals surface area contributed by atoms with Gasteiger partial charge in [0.2, 0.25) is 0 Å². The lowest BCUT2D eigenvalue weighted by molar-refractivity contribution is 0.341. The summed E-state index contributed by atoms with van der Waals surface area (Å²) < 4.78 is 0. The van der Waals surface area contributed by atoms with Crippen LogP contribution in [-0.2, 0) is 19.3 Å². The zero-order valence-corrected chi connectivity index (χ0v) is 10.6. The van der Waals surface area contributed by atoms with E-state index in [2.05, 4.69) is 31.1 Å². The molecule has 0 spiro atoms. The molecule has 1 aliphatic heterocycles. The predicted octanol–water partition coefficient (Wildman–Crippen LogP) is 1.93. The third-order valence-electron chi connectivity index (χ3n) is 3.21. The van der Waals surface area contributed by atoms with Crippen molar-refractivity contribution in [2.24, 2.45) is 11.8 Å². The molecule has 0 radical (unpaired) electrons. The molecule has 1 fully saturated rings. The quantitative estimate of drug-likeness (QED) is 0.797. The van der Waals surface area contributed by atoms with Gasteiger partial charge in [0.15, 0.2) is 0 Å². The van der Waals surface area contributed by atoms with Gasteiger partial charge in [0.1, 0.15) is 5.82 Å². The van der Waals surface area contributed by atoms with Crippen molar-refractivity contribution >= 4 is 0 Å². The normalized spacial score (nSPS) is 16.8. The molecule has 1 aliphatic rings. The molecule has 1 saturated heterocycles. The average Bonchev–Trinajstić information content (AvgIpc) is 2.53. The van der Waals surface area contributed by atoms with Crippen molar-refractivity contribution in [2.45, 2.75) is 40.0 Å². The maximum Gasteiger partial charge on any atom is 0.106 e. The number of H-pyrrole nitrogens is 1. The summed E-state index contributed by atoms with van der Waals surface area (Å²) in [5, 5.41) is 3.31. The second-order valence-electron chi connectivity index (χ2n) is 5.29. The lowest BCUT2D eigenvalue weighted by atomic mass is 9.99. The lowest BCUT2D eigenvalue weighted by Crippen LogP contribution is -2.43. The van der Waals surface area contributed by atoms with E-state index in [4.69, 9.17) is 4.98 Å². The van der Waals surface area contributed by atoms with E-state index in [0.717, 1.165) is 38.3 Å². The summed E-state index contributed by atoms with van der Waals surface area (Å²) in [6, 6.07) is 0. The summed E-state index contributed by atoms with van der Waals surface area (Å²) in [7, 11) is 0. The van der Waals surface area contributed by atoms with Crippen LogP contribution in [0.25, 0.3) is 0 Å². The molecule has 3 heteroatoms. The van der Waals surface area contributed by atoms with E-state index in [9.17, 15) is 0 Å². The van der Waals surface area contributed by atoms with Crippen LogP contribution in [0.2, 0.25) is 0 Å². The molecule has 90 valence electrons. The van der Waals surface area contributed by atoms with Gasteiger partial charge in [-0.1, -0.05) is 20.8 Å². The fourth-order valence-electron chi connectivity index (χ4n) is 2.24. The van der Waals surface area contributed by atoms with Crippen LogP contribution in [-0.4, -0.2) is 23.1 Å². The first-order valence-corrected chi connectivity index (χ1v) is 6.46. The van der Waals surface area contributed by atoms with Gasteiger partial charge >= 0.3 is 0 Å². The van der Waals surface area contributed by atoms with Crippen molar-refractivity contribution in [1.82, 2.24) is 15.3 Å². The van der Waals surface area contributed by atoms with Crippen LogP contribution in [0.1, 0.15) is 38.0 Å². The Hall–Kier alpha value is -0.830. The van der Waals surface area contributed by atoms with Crippen LogP contribution in [0.5, 0.6) is 0 Å². The van der Waals surface area contributed by atoms with Gasteiger partial charge in [-0.25, -0.2) is 4.98 Å². The Morgan fingerprint density at radius 1 is 1.38 bits per heavy atom. The molecule has 16 heavy (non-hydrogen) atoms. The van der Waals surface area contributed by atoms with Crippen molar-refractivity contribution in [3.05, 3.63) is 17.2 Å². The number of aromatic amines is 1. The minimum absolute atomic E-state index is 0.698. The summed E-state index contributed by atoms with van der Waals surface area (Å²) >= 11 is 0. The van der Waals surface area contributed by atoms with Crippen LogP contribution in [0, 0.1) is 11.8 Å². The maximum absolute atomic E-state index is 4.72. The molecule has 0 saturated carbocycles. The number of aryl methyl sites for hydroxylation is 1. The Morgan fingerprint density at radius 2 is 2.12 bits per heavy atom. The van der Waals surface area contributed by atoms with E-state index in [0.29, 0.717) is 5.92 Å². The molecule has 0 atom stereocenters. The number of nitrogens with zero attached hydrogens (tertiary/aromatic N) is 1. The van der Waals surface area contributed by atoms with Gasteiger partial charge in [-0.05, 0) is 37.8 Å². The van der Waals surface area contributed by atoms with Gasteiger partial charge < -0.3 is 10.3 Å². The Kier molecular flexibility index (Phi) is 3.64. The molecular weight excluding hydrogens is 198 g/mol. The number of aromatic nitrogens is 2. The highest BCUT2D eigenvalue weighted by atomic mass is 15.0. The number of rotatable bonds is 5. The molecule has 3 nitrogen and oxygen atoms in total. The zero-order valence-electron chi connectivity index (χ0n) is 10.6. The summed E-state index contributed by atoms with van der Waals surface area (Å²) in [6.45, 7) is 9.02. The first-order valence-electron chi connectivity index (χ1n) is 6.46. The highest BCUT2D eigenvalue weighted by Gasteiger charge is 2.19. The van der Waals surface area contributed by atoms with E-state index in [-0.39, 0.29) is 0 Å². The zero-order chi connectivity index (χ0) is 11.5. The Labute approximate surface area is 98.1 Å². The van der Waals surface area contributed by atoms with Crippen molar-refractivity contribution in [3.63, 3.8) is 0 Å². The van der Waals surface area contributed by atoms with Crippen LogP contribution in [0.3, 0.4) is 0 Å². The molecule has 1 aromatic heterocycles. The molecular formula is C13H23N3. The smallest absolute Gasteiger partial charge is 0.106 e. The van der Waals surface area contributed by atoms with Crippen molar-refractivity contribution < 1.29 is 0 Å². The summed E-state index contributed by atoms with van der Waals surface area (Å²) in [6.07, 6.45) is 3.28. The van der Waals surface area contributed by atoms with Crippen molar-refractivity contribution in [2.75, 3.05) is 13.1 Å². The number of hydrogen-bond donors (Lipinski definition) is 2. The van der Waals surface area contributed by atoms with E-state index in [1.807, 2.05) is 0 Å². The standard InChI is InChI=1S/C13H23N3/c1-4-11-12(5-9(2)3)16-13(15-11)6-10-7-14-8-10/h9-10,14H,4-8H2,1-3H3,(H,15,16). The number of hydrogen-bond acceptors (Lipinski definition) is 2. The monoisotopic (exact) mass is 221 g/mol. The molecule has 1 aromatic rings. The molecule has 0 aromatic carbocycles. The highest BCUT2D eigenvalue weighted by Crippen LogP contribution is 2.16. The lowest BCUT2D eigenvalue weighted by Gasteiger charge is -2.25. The first kappa shape index (κ1) is 11.6. The molecule has 2 rings (SSSR count). The maximum atomic E-state index is 4.72. The minimum Gasteiger partial charge on any atom is -0.346 e. The SMILES string of the molecule is CCc1nc(CC2CNC2)[nH]c1CC(C)C. The van der Waals surface area contributed by atoms with E-state index in [1.165, 1.54) is 17.2 Å². The number of nitrogens with one attached hydrogen (secondary N) is 2. The van der Waals surface area contributed by atoms with Crippen LogP contribution >= 0.6 is 0 Å². The molecule has 2 N–H and O–H groups in total. The molecule has 0 unspecified atom stereocenters. The van der Waals surface area contributed by atoms with E-state index in [1.54, 1.807) is 0 Å². The van der Waals surface area contributed by atoms with Crippen molar-refractivity contribution in [1.29, 1.82) is 0 Å². The highest BCUT2D eigenvalue weighted by molar-refractivity contribution is 5.16. The summed E-state index contributed by atoms with van der Waals surface area (Å²) in [4.78, 5) is 8.24. The molecule has 0 amide bonds. The molecule has 0 bridgehead atoms. The van der Waals surface area contributed by atoms with Crippen LogP contribution in [0.15, 0.2) is 0 Å². The third-order valence-corrected chi connectivity index (χ3v) is 3.21. The van der Waals surface area contributed by atoms with E-state index >= 15 is 0 Å². The van der Waals surface area contributed by atoms with E-state index < -0.39 is 0 Å². The second kappa shape index (κ2) is 5.00. The fourth-order valence-corrected chi connectivity index (χ4v) is 2.24. The third kappa shape index (κ3) is 2.64. The topological polar surface area (TPSA) is 40.7 Å². The summed E-state index contributed by atoms with van der Waals surface area (Å²) in [5.41, 5.74) is 2.63. The largest absolute Gasteiger partial charge is 0.346 e. The average molecular weight is 221 g/mol. The Bertz CT molecular complexity index is 337. The van der Waals surface area contributed by atoms with Gasteiger partial charge in [-0.3, -0.25) is 0 Å². The summed E-state index contributed by atoms with van der Waals surface area (Å²) in [5.74, 6) is 2.69. The molecule has 2 heterocycles. The van der Waals surface area contributed by atoms with Crippen LogP contribution in [0.4, 0.5) is 0 Å². The van der Waals surface area contributed by atoms with Gasteiger partial charge in [0.05, 0.1) is 5.69 Å². The molecule has 0 aliphatic carbocycles. The van der Waals surface area contributed by atoms with Gasteiger partial charge in [0, 0.05) is 12.1 Å². The Morgan fingerprint density at radius 3 is 2.62 bits per heavy atom. The predicted molar refractivity (Wildman–Crippen MR) is 66.6 cm³/mol. The fraction of sp³-hybridized carbons (Fsp3) is 0.769. The number of imidazole rings is 1. The first-order chi connectivity index (χ1) is 7.69.